The molecule has 0 radical (unpaired) electrons. The Hall–Kier alpha value is -1.18. The first kappa shape index (κ1) is 22.8. The van der Waals surface area contributed by atoms with Crippen LogP contribution in [0.15, 0.2) is 23.2 Å². The summed E-state index contributed by atoms with van der Waals surface area (Å²) in [4.78, 5) is 4.25. The van der Waals surface area contributed by atoms with Gasteiger partial charge in [-0.3, -0.25) is 4.99 Å². The number of halogens is 1. The van der Waals surface area contributed by atoms with Crippen molar-refractivity contribution >= 4 is 29.9 Å². The van der Waals surface area contributed by atoms with Crippen molar-refractivity contribution < 1.29 is 9.47 Å². The first-order valence-electron chi connectivity index (χ1n) is 8.40. The third-order valence-corrected chi connectivity index (χ3v) is 3.72. The lowest BCUT2D eigenvalue weighted by molar-refractivity contribution is 0.398. The molecule has 0 saturated carbocycles. The Kier molecular flexibility index (Phi) is 13.5. The predicted octanol–water partition coefficient (Wildman–Crippen LogP) is 3.61. The molecular formula is C18H32IN3O2. The molecule has 6 heteroatoms. The standard InChI is InChI=1S/C18H31N3O2.HI/c1-5-6-7-8-12-20-18(19-2)21-13-11-15-14-16(22-3)9-10-17(15)23-4;/h9-10,14H,5-8,11-13H2,1-4H3,(H2,19,20,21);1H. The van der Waals surface area contributed by atoms with Crippen LogP contribution in [-0.2, 0) is 6.42 Å². The van der Waals surface area contributed by atoms with E-state index in [0.717, 1.165) is 42.5 Å². The van der Waals surface area contributed by atoms with Crippen LogP contribution in [0.5, 0.6) is 11.5 Å². The van der Waals surface area contributed by atoms with Crippen LogP contribution >= 0.6 is 24.0 Å². The number of aliphatic imine (C=N–C) groups is 1. The molecule has 0 aliphatic carbocycles. The predicted molar refractivity (Wildman–Crippen MR) is 112 cm³/mol. The highest BCUT2D eigenvalue weighted by Gasteiger charge is 2.05. The molecular weight excluding hydrogens is 417 g/mol. The van der Waals surface area contributed by atoms with E-state index >= 15 is 0 Å². The highest BCUT2D eigenvalue weighted by atomic mass is 127. The van der Waals surface area contributed by atoms with Crippen LogP contribution in [0.3, 0.4) is 0 Å². The van der Waals surface area contributed by atoms with Gasteiger partial charge in [0.25, 0.3) is 0 Å². The van der Waals surface area contributed by atoms with Crippen LogP contribution in [0.2, 0.25) is 0 Å². The van der Waals surface area contributed by atoms with Crippen molar-refractivity contribution in [3.05, 3.63) is 23.8 Å². The molecule has 0 aromatic heterocycles. The minimum absolute atomic E-state index is 0. The van der Waals surface area contributed by atoms with E-state index in [1.165, 1.54) is 25.7 Å². The fraction of sp³-hybridized carbons (Fsp3) is 0.611. The van der Waals surface area contributed by atoms with Gasteiger partial charge in [0, 0.05) is 20.1 Å². The lowest BCUT2D eigenvalue weighted by Gasteiger charge is -2.13. The summed E-state index contributed by atoms with van der Waals surface area (Å²) in [6, 6.07) is 5.86. The van der Waals surface area contributed by atoms with Crippen molar-refractivity contribution in [2.24, 2.45) is 4.99 Å². The molecule has 0 bridgehead atoms. The van der Waals surface area contributed by atoms with Crippen molar-refractivity contribution in [1.29, 1.82) is 0 Å². The number of hydrogen-bond acceptors (Lipinski definition) is 3. The van der Waals surface area contributed by atoms with Gasteiger partial charge in [-0.15, -0.1) is 24.0 Å². The summed E-state index contributed by atoms with van der Waals surface area (Å²) < 4.78 is 10.7. The zero-order valence-corrected chi connectivity index (χ0v) is 17.7. The molecule has 5 nitrogen and oxygen atoms in total. The van der Waals surface area contributed by atoms with Crippen molar-refractivity contribution in [2.45, 2.75) is 39.0 Å². The van der Waals surface area contributed by atoms with E-state index in [1.807, 2.05) is 18.2 Å². The van der Waals surface area contributed by atoms with Gasteiger partial charge in [-0.25, -0.2) is 0 Å². The second-order valence-corrected chi connectivity index (χ2v) is 5.41. The zero-order chi connectivity index (χ0) is 16.9. The normalized spacial score (nSPS) is 10.8. The molecule has 1 aromatic carbocycles. The molecule has 0 aliphatic rings. The minimum Gasteiger partial charge on any atom is -0.497 e. The maximum absolute atomic E-state index is 5.40. The third-order valence-electron chi connectivity index (χ3n) is 3.72. The van der Waals surface area contributed by atoms with Crippen LogP contribution in [0.25, 0.3) is 0 Å². The van der Waals surface area contributed by atoms with E-state index in [2.05, 4.69) is 22.5 Å². The van der Waals surface area contributed by atoms with E-state index in [9.17, 15) is 0 Å². The Balaban J connectivity index is 0.00000529. The fourth-order valence-electron chi connectivity index (χ4n) is 2.37. The van der Waals surface area contributed by atoms with Crippen LogP contribution in [0.1, 0.15) is 38.2 Å². The number of methoxy groups -OCH3 is 2. The Labute approximate surface area is 163 Å². The first-order chi connectivity index (χ1) is 11.2. The van der Waals surface area contributed by atoms with E-state index in [0.29, 0.717) is 0 Å². The minimum atomic E-state index is 0. The molecule has 24 heavy (non-hydrogen) atoms. The average Bonchev–Trinajstić information content (AvgIpc) is 2.59. The van der Waals surface area contributed by atoms with Crippen molar-refractivity contribution in [1.82, 2.24) is 10.6 Å². The van der Waals surface area contributed by atoms with E-state index in [4.69, 9.17) is 9.47 Å². The summed E-state index contributed by atoms with van der Waals surface area (Å²) in [5.74, 6) is 2.58. The van der Waals surface area contributed by atoms with Crippen LogP contribution in [-0.4, -0.2) is 40.3 Å². The molecule has 0 spiro atoms. The second kappa shape index (κ2) is 14.2. The molecule has 0 saturated heterocycles. The van der Waals surface area contributed by atoms with E-state index in [-0.39, 0.29) is 24.0 Å². The van der Waals surface area contributed by atoms with Gasteiger partial charge in [0.15, 0.2) is 5.96 Å². The topological polar surface area (TPSA) is 54.9 Å². The first-order valence-corrected chi connectivity index (χ1v) is 8.40. The SMILES string of the molecule is CCCCCCNC(=NC)NCCc1cc(OC)ccc1OC.I. The van der Waals surface area contributed by atoms with Crippen molar-refractivity contribution in [3.63, 3.8) is 0 Å². The summed E-state index contributed by atoms with van der Waals surface area (Å²) in [5.41, 5.74) is 1.12. The number of unbranched alkanes of at least 4 members (excludes halogenated alkanes) is 3. The van der Waals surface area contributed by atoms with Gasteiger partial charge in [-0.05, 0) is 36.6 Å². The Morgan fingerprint density at radius 1 is 1.04 bits per heavy atom. The van der Waals surface area contributed by atoms with Crippen molar-refractivity contribution in [2.75, 3.05) is 34.4 Å². The zero-order valence-electron chi connectivity index (χ0n) is 15.4. The lowest BCUT2D eigenvalue weighted by atomic mass is 10.1. The summed E-state index contributed by atoms with van der Waals surface area (Å²) in [6.07, 6.45) is 5.84. The summed E-state index contributed by atoms with van der Waals surface area (Å²) in [7, 11) is 5.16. The van der Waals surface area contributed by atoms with Gasteiger partial charge in [0.05, 0.1) is 14.2 Å². The molecule has 1 aromatic rings. The number of nitrogens with zero attached hydrogens (tertiary/aromatic N) is 1. The largest absolute Gasteiger partial charge is 0.497 e. The number of ether oxygens (including phenoxy) is 2. The van der Waals surface area contributed by atoms with Crippen LogP contribution < -0.4 is 20.1 Å². The number of nitrogens with one attached hydrogen (secondary N) is 2. The smallest absolute Gasteiger partial charge is 0.190 e. The molecule has 0 unspecified atom stereocenters. The van der Waals surface area contributed by atoms with Gasteiger partial charge in [0.1, 0.15) is 11.5 Å². The third kappa shape index (κ3) is 8.61. The van der Waals surface area contributed by atoms with Gasteiger partial charge in [-0.2, -0.15) is 0 Å². The van der Waals surface area contributed by atoms with Crippen molar-refractivity contribution in [3.8, 4) is 11.5 Å². The van der Waals surface area contributed by atoms with Gasteiger partial charge < -0.3 is 20.1 Å². The number of rotatable bonds is 10. The highest BCUT2D eigenvalue weighted by molar-refractivity contribution is 14.0. The van der Waals surface area contributed by atoms with Gasteiger partial charge in [-0.1, -0.05) is 26.2 Å². The quantitative estimate of drug-likeness (QED) is 0.248. The van der Waals surface area contributed by atoms with E-state index < -0.39 is 0 Å². The second-order valence-electron chi connectivity index (χ2n) is 5.41. The maximum Gasteiger partial charge on any atom is 0.190 e. The molecule has 0 aliphatic heterocycles. The van der Waals surface area contributed by atoms with Crippen LogP contribution in [0, 0.1) is 0 Å². The van der Waals surface area contributed by atoms with Gasteiger partial charge in [0.2, 0.25) is 0 Å². The highest BCUT2D eigenvalue weighted by Crippen LogP contribution is 2.24. The van der Waals surface area contributed by atoms with Crippen LogP contribution in [0.4, 0.5) is 0 Å². The number of guanidine groups is 1. The molecule has 1 rings (SSSR count). The molecule has 0 heterocycles. The maximum atomic E-state index is 5.40. The fourth-order valence-corrected chi connectivity index (χ4v) is 2.37. The average molecular weight is 449 g/mol. The Bertz CT molecular complexity index is 481. The molecule has 138 valence electrons. The summed E-state index contributed by atoms with van der Waals surface area (Å²) in [5, 5.41) is 6.69. The summed E-state index contributed by atoms with van der Waals surface area (Å²) >= 11 is 0. The number of hydrogen-bond donors (Lipinski definition) is 2. The lowest BCUT2D eigenvalue weighted by Crippen LogP contribution is -2.38. The number of benzene rings is 1. The molecule has 2 N–H and O–H groups in total. The Morgan fingerprint density at radius 2 is 1.79 bits per heavy atom. The van der Waals surface area contributed by atoms with E-state index in [1.54, 1.807) is 21.3 Å². The molecule has 0 amide bonds. The van der Waals surface area contributed by atoms with Gasteiger partial charge >= 0.3 is 0 Å². The molecule has 0 atom stereocenters. The Morgan fingerprint density at radius 3 is 2.42 bits per heavy atom. The summed E-state index contributed by atoms with van der Waals surface area (Å²) in [6.45, 7) is 3.97. The molecule has 0 fully saturated rings. The monoisotopic (exact) mass is 449 g/mol.